The van der Waals surface area contributed by atoms with Crippen LogP contribution in [0.4, 0.5) is 0 Å². The third-order valence-corrected chi connectivity index (χ3v) is 6.29. The number of benzene rings is 4. The number of rotatable bonds is 5. The van der Waals surface area contributed by atoms with Crippen molar-refractivity contribution >= 4 is 5.78 Å². The van der Waals surface area contributed by atoms with E-state index >= 15 is 0 Å². The van der Waals surface area contributed by atoms with Gasteiger partial charge < -0.3 is 10.2 Å². The highest BCUT2D eigenvalue weighted by Gasteiger charge is 2.32. The molecule has 0 heterocycles. The summed E-state index contributed by atoms with van der Waals surface area (Å²) in [6.45, 7) is 0. The van der Waals surface area contributed by atoms with Gasteiger partial charge in [-0.15, -0.1) is 0 Å². The van der Waals surface area contributed by atoms with Gasteiger partial charge in [-0.3, -0.25) is 4.79 Å². The number of hydrogen-bond acceptors (Lipinski definition) is 3. The van der Waals surface area contributed by atoms with Crippen molar-refractivity contribution < 1.29 is 15.0 Å². The molecule has 0 saturated heterocycles. The van der Waals surface area contributed by atoms with E-state index in [0.29, 0.717) is 6.42 Å². The van der Waals surface area contributed by atoms with E-state index in [4.69, 9.17) is 0 Å². The minimum absolute atomic E-state index is 0.0980. The molecule has 32 heavy (non-hydrogen) atoms. The number of Topliss-reactive ketones (excluding diaryl/α,β-unsaturated/α-hetero) is 1. The molecular weight excluding hydrogens is 396 g/mol. The molecule has 4 aromatic rings. The van der Waals surface area contributed by atoms with Crippen molar-refractivity contribution in [2.75, 3.05) is 0 Å². The molecule has 2 N–H and O–H groups in total. The molecule has 5 rings (SSSR count). The number of carbonyl (C=O) groups excluding carboxylic acids is 1. The van der Waals surface area contributed by atoms with Crippen LogP contribution in [0.25, 0.3) is 11.1 Å². The first-order valence-corrected chi connectivity index (χ1v) is 10.9. The Morgan fingerprint density at radius 1 is 0.719 bits per heavy atom. The Balaban J connectivity index is 1.53. The molecule has 3 nitrogen and oxygen atoms in total. The zero-order valence-corrected chi connectivity index (χ0v) is 17.7. The highest BCUT2D eigenvalue weighted by atomic mass is 16.3. The van der Waals surface area contributed by atoms with Crippen LogP contribution in [0.2, 0.25) is 0 Å². The fourth-order valence-corrected chi connectivity index (χ4v) is 4.63. The predicted octanol–water partition coefficient (Wildman–Crippen LogP) is 5.95. The van der Waals surface area contributed by atoms with Crippen molar-refractivity contribution in [3.05, 3.63) is 119 Å². The first kappa shape index (κ1) is 20.1. The second kappa shape index (κ2) is 8.35. The van der Waals surface area contributed by atoms with Gasteiger partial charge in [0.15, 0.2) is 5.78 Å². The van der Waals surface area contributed by atoms with Crippen LogP contribution in [0.3, 0.4) is 0 Å². The molecule has 3 heteroatoms. The molecule has 0 saturated carbocycles. The molecule has 0 radical (unpaired) electrons. The molecule has 0 aliphatic heterocycles. The van der Waals surface area contributed by atoms with E-state index in [1.165, 1.54) is 11.1 Å². The van der Waals surface area contributed by atoms with Crippen LogP contribution < -0.4 is 0 Å². The number of phenols is 2. The quantitative estimate of drug-likeness (QED) is 0.419. The SMILES string of the molecule is O=C1c2cc(-c3ccc(O)cc3)cc(Cc3ccccc3)c2C[C@H]1Cc1ccc(O)cc1. The molecular formula is C29H24O3. The summed E-state index contributed by atoms with van der Waals surface area (Å²) >= 11 is 0. The van der Waals surface area contributed by atoms with Crippen LogP contribution in [-0.4, -0.2) is 16.0 Å². The fourth-order valence-electron chi connectivity index (χ4n) is 4.63. The maximum absolute atomic E-state index is 13.4. The largest absolute Gasteiger partial charge is 0.508 e. The molecule has 1 aliphatic rings. The average molecular weight is 421 g/mol. The van der Waals surface area contributed by atoms with E-state index in [1.54, 1.807) is 24.3 Å². The minimum atomic E-state index is -0.0980. The van der Waals surface area contributed by atoms with Gasteiger partial charge in [0.1, 0.15) is 11.5 Å². The predicted molar refractivity (Wildman–Crippen MR) is 126 cm³/mol. The second-order valence-corrected chi connectivity index (χ2v) is 8.51. The van der Waals surface area contributed by atoms with Crippen molar-refractivity contribution in [2.24, 2.45) is 5.92 Å². The number of phenolic OH excluding ortho intramolecular Hbond substituents is 2. The molecule has 0 bridgehead atoms. The zero-order chi connectivity index (χ0) is 22.1. The van der Waals surface area contributed by atoms with Crippen LogP contribution in [0.1, 0.15) is 32.6 Å². The van der Waals surface area contributed by atoms with Crippen LogP contribution in [0, 0.1) is 5.92 Å². The fraction of sp³-hybridized carbons (Fsp3) is 0.138. The molecule has 0 amide bonds. The van der Waals surface area contributed by atoms with E-state index in [0.717, 1.165) is 40.7 Å². The monoisotopic (exact) mass is 420 g/mol. The van der Waals surface area contributed by atoms with Gasteiger partial charge in [-0.25, -0.2) is 0 Å². The summed E-state index contributed by atoms with van der Waals surface area (Å²) in [4.78, 5) is 13.4. The maximum Gasteiger partial charge on any atom is 0.166 e. The summed E-state index contributed by atoms with van der Waals surface area (Å²) in [7, 11) is 0. The summed E-state index contributed by atoms with van der Waals surface area (Å²) in [5.74, 6) is 0.546. The summed E-state index contributed by atoms with van der Waals surface area (Å²) in [6, 6.07) is 28.8. The highest BCUT2D eigenvalue weighted by Crippen LogP contribution is 2.37. The molecule has 158 valence electrons. The van der Waals surface area contributed by atoms with Gasteiger partial charge in [-0.1, -0.05) is 60.7 Å². The number of aromatic hydroxyl groups is 2. The van der Waals surface area contributed by atoms with E-state index in [1.807, 2.05) is 48.5 Å². The Morgan fingerprint density at radius 3 is 2.06 bits per heavy atom. The van der Waals surface area contributed by atoms with Crippen molar-refractivity contribution in [3.63, 3.8) is 0 Å². The maximum atomic E-state index is 13.4. The Labute approximate surface area is 187 Å². The third kappa shape index (κ3) is 4.02. The van der Waals surface area contributed by atoms with Crippen molar-refractivity contribution in [2.45, 2.75) is 19.3 Å². The van der Waals surface area contributed by atoms with Crippen molar-refractivity contribution in [3.8, 4) is 22.6 Å². The molecule has 0 unspecified atom stereocenters. The smallest absolute Gasteiger partial charge is 0.166 e. The van der Waals surface area contributed by atoms with Crippen LogP contribution in [-0.2, 0) is 19.3 Å². The van der Waals surface area contributed by atoms with Gasteiger partial charge in [0, 0.05) is 11.5 Å². The van der Waals surface area contributed by atoms with E-state index in [-0.39, 0.29) is 23.2 Å². The molecule has 4 aromatic carbocycles. The number of hydrogen-bond donors (Lipinski definition) is 2. The lowest BCUT2D eigenvalue weighted by Crippen LogP contribution is -2.12. The minimum Gasteiger partial charge on any atom is -0.508 e. The molecule has 1 aliphatic carbocycles. The van der Waals surface area contributed by atoms with Gasteiger partial charge in [-0.2, -0.15) is 0 Å². The lowest BCUT2D eigenvalue weighted by Gasteiger charge is -2.12. The zero-order valence-electron chi connectivity index (χ0n) is 17.7. The van der Waals surface area contributed by atoms with Gasteiger partial charge in [0.25, 0.3) is 0 Å². The number of fused-ring (bicyclic) bond motifs is 1. The normalized spacial score (nSPS) is 15.0. The Hall–Kier alpha value is -3.85. The third-order valence-electron chi connectivity index (χ3n) is 6.29. The van der Waals surface area contributed by atoms with Crippen molar-refractivity contribution in [1.29, 1.82) is 0 Å². The topological polar surface area (TPSA) is 57.5 Å². The Morgan fingerprint density at radius 2 is 1.38 bits per heavy atom. The summed E-state index contributed by atoms with van der Waals surface area (Å²) in [6.07, 6.45) is 2.16. The van der Waals surface area contributed by atoms with Crippen LogP contribution >= 0.6 is 0 Å². The van der Waals surface area contributed by atoms with Crippen LogP contribution in [0.5, 0.6) is 11.5 Å². The average Bonchev–Trinajstić information content (AvgIpc) is 3.12. The van der Waals surface area contributed by atoms with Crippen LogP contribution in [0.15, 0.2) is 91.0 Å². The van der Waals surface area contributed by atoms with E-state index in [2.05, 4.69) is 18.2 Å². The molecule has 1 atom stereocenters. The first-order chi connectivity index (χ1) is 15.6. The first-order valence-electron chi connectivity index (χ1n) is 10.9. The van der Waals surface area contributed by atoms with E-state index in [9.17, 15) is 15.0 Å². The van der Waals surface area contributed by atoms with Gasteiger partial charge in [0.05, 0.1) is 0 Å². The lowest BCUT2D eigenvalue weighted by molar-refractivity contribution is 0.0936. The number of carbonyl (C=O) groups is 1. The van der Waals surface area contributed by atoms with E-state index < -0.39 is 0 Å². The summed E-state index contributed by atoms with van der Waals surface area (Å²) in [5, 5.41) is 19.2. The molecule has 0 spiro atoms. The second-order valence-electron chi connectivity index (χ2n) is 8.51. The molecule has 0 fully saturated rings. The Kier molecular flexibility index (Phi) is 5.24. The van der Waals surface area contributed by atoms with Gasteiger partial charge in [0.2, 0.25) is 0 Å². The standard InChI is InChI=1S/C29H24O3/c30-25-10-6-20(7-11-25)15-24-18-27-23(14-19-4-2-1-3-5-19)16-22(17-28(27)29(24)32)21-8-12-26(31)13-9-21/h1-13,16-17,24,30-31H,14-15,18H2/t24-/m1/s1. The van der Waals surface area contributed by atoms with Crippen molar-refractivity contribution in [1.82, 2.24) is 0 Å². The Bertz CT molecular complexity index is 1260. The summed E-state index contributed by atoms with van der Waals surface area (Å²) < 4.78 is 0. The van der Waals surface area contributed by atoms with Gasteiger partial charge >= 0.3 is 0 Å². The molecule has 0 aromatic heterocycles. The number of ketones is 1. The summed E-state index contributed by atoms with van der Waals surface area (Å²) in [5.41, 5.74) is 7.38. The highest BCUT2D eigenvalue weighted by molar-refractivity contribution is 6.04. The van der Waals surface area contributed by atoms with Gasteiger partial charge in [-0.05, 0) is 83.0 Å². The lowest BCUT2D eigenvalue weighted by atomic mass is 9.92.